The fourth-order valence-electron chi connectivity index (χ4n) is 14.1. The van der Waals surface area contributed by atoms with E-state index in [1.54, 1.807) is 96.3 Å². The van der Waals surface area contributed by atoms with Crippen LogP contribution >= 0.6 is 0 Å². The van der Waals surface area contributed by atoms with E-state index in [4.69, 9.17) is 0 Å². The Kier molecular flexibility index (Phi) is 7.88. The molecule has 0 aromatic carbocycles. The minimum atomic E-state index is 0.949. The third-order valence-electron chi connectivity index (χ3n) is 15.5. The van der Waals surface area contributed by atoms with Gasteiger partial charge in [-0.15, -0.1) is 0 Å². The molecule has 0 N–H and O–H groups in total. The van der Waals surface area contributed by atoms with E-state index in [2.05, 4.69) is 4.90 Å². The topological polar surface area (TPSA) is 3.24 Å². The van der Waals surface area contributed by atoms with E-state index in [1.165, 1.54) is 64.2 Å². The molecule has 0 amide bonds. The first-order chi connectivity index (χ1) is 19.3. The van der Waals surface area contributed by atoms with Gasteiger partial charge in [0.15, 0.2) is 0 Å². The van der Waals surface area contributed by atoms with Crippen LogP contribution in [0.4, 0.5) is 0 Å². The standard InChI is InChI=1S/C38H63N/c1-3-14-31(15-4-1)39(32-16-5-2-6-17-32)33-19-20-35-30(23-33)25-37-34-18-10-9-13-28(34)24-36(38(35)37)29-21-26-11-7-8-12-27(26)22-29/h26-38H,1-25H2. The van der Waals surface area contributed by atoms with Crippen LogP contribution < -0.4 is 0 Å². The number of hydrogen-bond acceptors (Lipinski definition) is 1. The van der Waals surface area contributed by atoms with Crippen LogP contribution in [0.2, 0.25) is 0 Å². The van der Waals surface area contributed by atoms with Crippen LogP contribution in [0.25, 0.3) is 0 Å². The largest absolute Gasteiger partial charge is 0.294 e. The van der Waals surface area contributed by atoms with Crippen molar-refractivity contribution in [2.24, 2.45) is 59.2 Å². The van der Waals surface area contributed by atoms with Crippen LogP contribution in [0.3, 0.4) is 0 Å². The molecular formula is C38H63N. The summed E-state index contributed by atoms with van der Waals surface area (Å²) in [6, 6.07) is 2.85. The zero-order chi connectivity index (χ0) is 25.8. The second-order valence-electron chi connectivity index (χ2n) is 17.0. The first kappa shape index (κ1) is 26.6. The molecule has 1 heteroatoms. The highest BCUT2D eigenvalue weighted by molar-refractivity contribution is 5.07. The van der Waals surface area contributed by atoms with Crippen molar-refractivity contribution in [3.8, 4) is 0 Å². The Labute approximate surface area is 242 Å². The minimum absolute atomic E-state index is 0.949. The molecule has 0 bridgehead atoms. The van der Waals surface area contributed by atoms with E-state index >= 15 is 0 Å². The quantitative estimate of drug-likeness (QED) is 0.347. The van der Waals surface area contributed by atoms with Crippen molar-refractivity contribution >= 4 is 0 Å². The number of rotatable bonds is 4. The maximum Gasteiger partial charge on any atom is 0.0104 e. The molecule has 8 aliphatic carbocycles. The van der Waals surface area contributed by atoms with Crippen LogP contribution in [0, 0.1) is 59.2 Å². The number of hydrogen-bond donors (Lipinski definition) is 0. The normalized spacial score (nSPS) is 49.3. The zero-order valence-electron chi connectivity index (χ0n) is 25.6. The van der Waals surface area contributed by atoms with Gasteiger partial charge in [0.1, 0.15) is 0 Å². The molecular weight excluding hydrogens is 470 g/mol. The minimum Gasteiger partial charge on any atom is -0.294 e. The molecule has 0 aromatic heterocycles. The summed E-state index contributed by atoms with van der Waals surface area (Å²) in [6.07, 6.45) is 39.4. The summed E-state index contributed by atoms with van der Waals surface area (Å²) in [4.78, 5) is 3.28. The van der Waals surface area contributed by atoms with Crippen molar-refractivity contribution in [1.29, 1.82) is 0 Å². The highest BCUT2D eigenvalue weighted by Gasteiger charge is 2.58. The maximum atomic E-state index is 3.28. The van der Waals surface area contributed by atoms with Gasteiger partial charge < -0.3 is 0 Å². The SMILES string of the molecule is C1CCC(N(C2CCCCC2)C2CCC3C(CC4C5CCCCC5CC(C5CC6CCCCC6C5)C34)C2)CC1. The molecule has 0 radical (unpaired) electrons. The van der Waals surface area contributed by atoms with Gasteiger partial charge in [0.05, 0.1) is 0 Å². The molecule has 8 aliphatic rings. The summed E-state index contributed by atoms with van der Waals surface area (Å²) < 4.78 is 0. The van der Waals surface area contributed by atoms with Gasteiger partial charge in [-0.2, -0.15) is 0 Å². The summed E-state index contributed by atoms with van der Waals surface area (Å²) in [6.45, 7) is 0. The molecule has 8 rings (SSSR count). The van der Waals surface area contributed by atoms with E-state index in [-0.39, 0.29) is 0 Å². The maximum absolute atomic E-state index is 3.28. The van der Waals surface area contributed by atoms with Crippen LogP contribution in [-0.2, 0) is 0 Å². The second kappa shape index (κ2) is 11.6. The fourth-order valence-corrected chi connectivity index (χ4v) is 14.1. The number of fused-ring (bicyclic) bond motifs is 6. The molecule has 0 saturated heterocycles. The van der Waals surface area contributed by atoms with Crippen molar-refractivity contribution in [3.63, 3.8) is 0 Å². The van der Waals surface area contributed by atoms with Gasteiger partial charge in [-0.05, 0) is 136 Å². The first-order valence-electron chi connectivity index (χ1n) is 19.1. The molecule has 8 saturated carbocycles. The number of nitrogens with zero attached hydrogens (tertiary/aromatic N) is 1. The lowest BCUT2D eigenvalue weighted by Crippen LogP contribution is -2.53. The fraction of sp³-hybridized carbons (Fsp3) is 1.00. The van der Waals surface area contributed by atoms with Crippen LogP contribution in [0.15, 0.2) is 0 Å². The molecule has 220 valence electrons. The zero-order valence-corrected chi connectivity index (χ0v) is 25.6. The Morgan fingerprint density at radius 1 is 0.282 bits per heavy atom. The van der Waals surface area contributed by atoms with E-state index < -0.39 is 0 Å². The molecule has 0 spiro atoms. The Bertz CT molecular complexity index is 776. The third kappa shape index (κ3) is 5.01. The van der Waals surface area contributed by atoms with E-state index in [1.807, 2.05) is 0 Å². The van der Waals surface area contributed by atoms with Crippen molar-refractivity contribution in [1.82, 2.24) is 4.90 Å². The molecule has 1 nitrogen and oxygen atoms in total. The van der Waals surface area contributed by atoms with Gasteiger partial charge in [0, 0.05) is 18.1 Å². The summed E-state index contributed by atoms with van der Waals surface area (Å²) in [5, 5.41) is 0. The second-order valence-corrected chi connectivity index (χ2v) is 17.0. The van der Waals surface area contributed by atoms with Crippen molar-refractivity contribution in [3.05, 3.63) is 0 Å². The average Bonchev–Trinajstić information content (AvgIpc) is 3.60. The predicted molar refractivity (Wildman–Crippen MR) is 164 cm³/mol. The van der Waals surface area contributed by atoms with E-state index in [0.717, 1.165) is 77.3 Å². The molecule has 0 heterocycles. The monoisotopic (exact) mass is 533 g/mol. The van der Waals surface area contributed by atoms with Gasteiger partial charge in [0.25, 0.3) is 0 Å². The Hall–Kier alpha value is -0.0400. The van der Waals surface area contributed by atoms with Crippen molar-refractivity contribution < 1.29 is 0 Å². The molecule has 8 fully saturated rings. The van der Waals surface area contributed by atoms with Gasteiger partial charge in [-0.1, -0.05) is 83.5 Å². The average molecular weight is 534 g/mol. The Balaban J connectivity index is 1.03. The van der Waals surface area contributed by atoms with Gasteiger partial charge in [-0.3, -0.25) is 4.90 Å². The lowest BCUT2D eigenvalue weighted by Gasteiger charge is -2.52. The van der Waals surface area contributed by atoms with E-state index in [0.29, 0.717) is 0 Å². The third-order valence-corrected chi connectivity index (χ3v) is 15.5. The first-order valence-corrected chi connectivity index (χ1v) is 19.1. The van der Waals surface area contributed by atoms with E-state index in [9.17, 15) is 0 Å². The lowest BCUT2D eigenvalue weighted by atomic mass is 9.54. The summed E-state index contributed by atoms with van der Waals surface area (Å²) >= 11 is 0. The predicted octanol–water partition coefficient (Wildman–Crippen LogP) is 10.4. The lowest BCUT2D eigenvalue weighted by molar-refractivity contribution is -0.0287. The summed E-state index contributed by atoms with van der Waals surface area (Å²) in [5.41, 5.74) is 0. The smallest absolute Gasteiger partial charge is 0.0104 e. The summed E-state index contributed by atoms with van der Waals surface area (Å²) in [5.74, 6) is 11.3. The molecule has 0 aromatic rings. The Morgan fingerprint density at radius 3 is 1.49 bits per heavy atom. The molecule has 10 unspecified atom stereocenters. The molecule has 10 atom stereocenters. The van der Waals surface area contributed by atoms with Crippen LogP contribution in [-0.4, -0.2) is 23.0 Å². The van der Waals surface area contributed by atoms with Crippen molar-refractivity contribution in [2.75, 3.05) is 0 Å². The van der Waals surface area contributed by atoms with Crippen molar-refractivity contribution in [2.45, 2.75) is 179 Å². The molecule has 39 heavy (non-hydrogen) atoms. The molecule has 0 aliphatic heterocycles. The van der Waals surface area contributed by atoms with Gasteiger partial charge in [0.2, 0.25) is 0 Å². The highest BCUT2D eigenvalue weighted by atomic mass is 15.2. The van der Waals surface area contributed by atoms with Crippen LogP contribution in [0.1, 0.15) is 161 Å². The van der Waals surface area contributed by atoms with Gasteiger partial charge in [-0.25, -0.2) is 0 Å². The Morgan fingerprint density at radius 2 is 0.821 bits per heavy atom. The van der Waals surface area contributed by atoms with Gasteiger partial charge >= 0.3 is 0 Å². The van der Waals surface area contributed by atoms with Crippen LogP contribution in [0.5, 0.6) is 0 Å². The summed E-state index contributed by atoms with van der Waals surface area (Å²) in [7, 11) is 0. The highest BCUT2D eigenvalue weighted by Crippen LogP contribution is 2.65.